The van der Waals surface area contributed by atoms with Crippen molar-refractivity contribution in [3.63, 3.8) is 0 Å². The number of hydrogen-bond donors (Lipinski definition) is 8. The fourth-order valence-electron chi connectivity index (χ4n) is 9.98. The van der Waals surface area contributed by atoms with Gasteiger partial charge in [0.05, 0.1) is 61.1 Å². The van der Waals surface area contributed by atoms with E-state index in [9.17, 15) is 79.2 Å². The molecule has 0 atom stereocenters. The number of fused-ring (bicyclic) bond motifs is 8. The number of aldehydes is 8. The molecule has 0 aliphatic carbocycles. The second kappa shape index (κ2) is 35.3. The first-order valence-corrected chi connectivity index (χ1v) is 30.7. The van der Waals surface area contributed by atoms with Crippen LogP contribution in [0.2, 0.25) is 0 Å². The maximum atomic E-state index is 10.7. The monoisotopic (exact) mass is 1380 g/mol. The molecule has 8 heterocycles. The lowest BCUT2D eigenvalue weighted by molar-refractivity contribution is 0.111. The third-order valence-corrected chi connectivity index (χ3v) is 15.3. The zero-order valence-corrected chi connectivity index (χ0v) is 54.1. The van der Waals surface area contributed by atoms with Gasteiger partial charge in [0.15, 0.2) is 56.0 Å². The van der Waals surface area contributed by atoms with Crippen molar-refractivity contribution < 1.29 is 79.2 Å². The Kier molecular flexibility index (Phi) is 24.8. The first-order chi connectivity index (χ1) is 50.5. The number of aromatic nitrogens is 8. The highest BCUT2D eigenvalue weighted by molar-refractivity contribution is 6.02. The predicted octanol–water partition coefficient (Wildman–Crippen LogP) is 14.0. The molecule has 0 saturated heterocycles. The van der Waals surface area contributed by atoms with Crippen molar-refractivity contribution >= 4 is 137 Å². The zero-order valence-electron chi connectivity index (χ0n) is 54.1. The Labute approximate surface area is 588 Å². The first-order valence-electron chi connectivity index (χ1n) is 30.7. The fourth-order valence-corrected chi connectivity index (χ4v) is 9.98. The smallest absolute Gasteiger partial charge is 0.155 e. The molecule has 0 unspecified atom stereocenters. The number of carbonyl (C=O) groups excluding carboxylic acids is 8. The molecular formula is C80H56N8O16. The first kappa shape index (κ1) is 73.1. The normalized spacial score (nSPS) is 10.2. The summed E-state index contributed by atoms with van der Waals surface area (Å²) in [5.41, 5.74) is 4.67. The number of nitrogens with zero attached hydrogens (tertiary/aromatic N) is 8. The van der Waals surface area contributed by atoms with Crippen LogP contribution >= 0.6 is 0 Å². The molecule has 8 aromatic carbocycles. The van der Waals surface area contributed by atoms with Crippen LogP contribution in [0.15, 0.2) is 244 Å². The lowest BCUT2D eigenvalue weighted by atomic mass is 10.1. The van der Waals surface area contributed by atoms with E-state index in [2.05, 4.69) is 39.9 Å². The Morgan fingerprint density at radius 1 is 0.231 bits per heavy atom. The molecule has 104 heavy (non-hydrogen) atoms. The summed E-state index contributed by atoms with van der Waals surface area (Å²) in [5.74, 6) is -0.105. The lowest BCUT2D eigenvalue weighted by Crippen LogP contribution is -1.87. The number of pyridine rings is 8. The molecule has 0 bridgehead atoms. The van der Waals surface area contributed by atoms with Crippen LogP contribution in [0.25, 0.3) is 86.7 Å². The van der Waals surface area contributed by atoms with E-state index < -0.39 is 0 Å². The van der Waals surface area contributed by atoms with E-state index in [0.717, 1.165) is 53.9 Å². The average Bonchev–Trinajstić information content (AvgIpc) is 0.811. The highest BCUT2D eigenvalue weighted by Crippen LogP contribution is 2.30. The molecule has 0 aliphatic rings. The maximum Gasteiger partial charge on any atom is 0.155 e. The molecule has 0 aliphatic heterocycles. The van der Waals surface area contributed by atoms with E-state index >= 15 is 0 Å². The molecule has 0 saturated carbocycles. The number of phenols is 8. The highest BCUT2D eigenvalue weighted by Gasteiger charge is 2.11. The summed E-state index contributed by atoms with van der Waals surface area (Å²) in [7, 11) is 0. The molecule has 512 valence electrons. The van der Waals surface area contributed by atoms with Gasteiger partial charge in [-0.1, -0.05) is 42.5 Å². The number of aromatic hydroxyl groups is 8. The molecule has 16 aromatic rings. The highest BCUT2D eigenvalue weighted by atomic mass is 16.3. The third-order valence-electron chi connectivity index (χ3n) is 15.3. The molecule has 0 amide bonds. The van der Waals surface area contributed by atoms with Crippen molar-refractivity contribution in [1.29, 1.82) is 0 Å². The number of carbonyl (C=O) groups is 8. The minimum absolute atomic E-state index is 0.000556. The summed E-state index contributed by atoms with van der Waals surface area (Å²) in [6.45, 7) is 0. The number of hydrogen-bond acceptors (Lipinski definition) is 24. The van der Waals surface area contributed by atoms with Gasteiger partial charge in [-0.05, 0) is 143 Å². The van der Waals surface area contributed by atoms with Gasteiger partial charge in [0.1, 0.15) is 45.8 Å². The zero-order chi connectivity index (χ0) is 74.1. The van der Waals surface area contributed by atoms with E-state index in [1.807, 2.05) is 24.3 Å². The van der Waals surface area contributed by atoms with Gasteiger partial charge in [-0.3, -0.25) is 78.2 Å². The Hall–Kier alpha value is -15.2. The fraction of sp³-hybridized carbons (Fsp3) is 0. The van der Waals surface area contributed by atoms with Crippen LogP contribution < -0.4 is 0 Å². The second-order valence-electron chi connectivity index (χ2n) is 21.8. The van der Waals surface area contributed by atoms with Crippen molar-refractivity contribution in [1.82, 2.24) is 39.9 Å². The molecule has 0 spiro atoms. The van der Waals surface area contributed by atoms with Gasteiger partial charge in [-0.2, -0.15) is 0 Å². The van der Waals surface area contributed by atoms with Crippen LogP contribution in [0, 0.1) is 0 Å². The Morgan fingerprint density at radius 3 is 1.14 bits per heavy atom. The standard InChI is InChI=1S/8C10H7NO2/c12-6-9-3-8-5-11-2-1-7(8)4-10(9)13;12-6-9-3-7-1-2-11-5-8(7)4-10(9)13;12-6-9-8-5-11-4-3-7(8)1-2-10(9)13;12-6-8-2-1-7-3-4-11-5-9(7)10(8)13;12-6-8-9(13)4-3-7-2-1-5-11-10(7)8;12-6-8-4-3-7-2-1-5-11-9(7)10(8)13;12-6-8-4-9-7(5-10(8)13)2-1-3-11-9;12-6-8-4-7-2-1-3-11-9(7)5-10(8)13/h8*1-6,13H. The SMILES string of the molecule is O=Cc1c(O)ccc2cccnc12.O=Cc1c(O)ccc2ccncc12.O=Cc1cc2cccnc2cc1O.O=Cc1cc2ccncc2cc1O.O=Cc1cc2cnccc2cc1O.O=Cc1cc2ncccc2cc1O.O=Cc1ccc2cccnc2c1O.O=Cc1ccc2ccncc2c1O. The second-order valence-corrected chi connectivity index (χ2v) is 21.8. The number of benzene rings is 8. The van der Waals surface area contributed by atoms with E-state index in [1.165, 1.54) is 36.5 Å². The van der Waals surface area contributed by atoms with E-state index in [4.69, 9.17) is 0 Å². The van der Waals surface area contributed by atoms with Crippen LogP contribution in [0.3, 0.4) is 0 Å². The van der Waals surface area contributed by atoms with Gasteiger partial charge in [-0.15, -0.1) is 0 Å². The minimum atomic E-state index is -0.0481. The van der Waals surface area contributed by atoms with E-state index in [-0.39, 0.29) is 62.7 Å². The maximum absolute atomic E-state index is 10.7. The van der Waals surface area contributed by atoms with Crippen molar-refractivity contribution in [3.05, 3.63) is 289 Å². The van der Waals surface area contributed by atoms with Gasteiger partial charge in [0.25, 0.3) is 0 Å². The largest absolute Gasteiger partial charge is 0.507 e. The van der Waals surface area contributed by atoms with Crippen LogP contribution in [0.1, 0.15) is 82.9 Å². The van der Waals surface area contributed by atoms with Crippen molar-refractivity contribution in [2.45, 2.75) is 0 Å². The van der Waals surface area contributed by atoms with E-state index in [0.29, 0.717) is 111 Å². The molecule has 16 rings (SSSR count). The number of phenolic OH excluding ortho intramolecular Hbond substituents is 8. The summed E-state index contributed by atoms with van der Waals surface area (Å²) in [5, 5.41) is 85.1. The van der Waals surface area contributed by atoms with Gasteiger partial charge in [0.2, 0.25) is 0 Å². The third kappa shape index (κ3) is 17.9. The number of rotatable bonds is 8. The molecule has 0 fully saturated rings. The Morgan fingerprint density at radius 2 is 0.587 bits per heavy atom. The topological polar surface area (TPSA) is 402 Å². The van der Waals surface area contributed by atoms with Gasteiger partial charge < -0.3 is 40.9 Å². The molecule has 8 aromatic heterocycles. The van der Waals surface area contributed by atoms with Gasteiger partial charge in [-0.25, -0.2) is 0 Å². The molecule has 24 nitrogen and oxygen atoms in total. The van der Waals surface area contributed by atoms with Crippen LogP contribution in [-0.4, -0.2) is 131 Å². The van der Waals surface area contributed by atoms with Crippen molar-refractivity contribution in [3.8, 4) is 46.0 Å². The van der Waals surface area contributed by atoms with Crippen LogP contribution in [0.4, 0.5) is 0 Å². The molecule has 0 radical (unpaired) electrons. The Balaban J connectivity index is 0.000000138. The summed E-state index contributed by atoms with van der Waals surface area (Å²) >= 11 is 0. The van der Waals surface area contributed by atoms with Crippen molar-refractivity contribution in [2.75, 3.05) is 0 Å². The van der Waals surface area contributed by atoms with E-state index in [1.54, 1.807) is 183 Å². The van der Waals surface area contributed by atoms with Gasteiger partial charge in [0, 0.05) is 124 Å². The van der Waals surface area contributed by atoms with Gasteiger partial charge >= 0.3 is 0 Å². The van der Waals surface area contributed by atoms with Crippen LogP contribution in [-0.2, 0) is 0 Å². The molecule has 24 heteroatoms. The quantitative estimate of drug-likeness (QED) is 0.0655. The van der Waals surface area contributed by atoms with Crippen molar-refractivity contribution in [2.24, 2.45) is 0 Å². The summed E-state index contributed by atoms with van der Waals surface area (Å²) in [4.78, 5) is 116. The average molecular weight is 1390 g/mol. The summed E-state index contributed by atoms with van der Waals surface area (Å²) in [6.07, 6.45) is 24.4. The molecule has 8 N–H and O–H groups in total. The summed E-state index contributed by atoms with van der Waals surface area (Å²) in [6, 6.07) is 47.3. The van der Waals surface area contributed by atoms with Crippen LogP contribution in [0.5, 0.6) is 46.0 Å². The Bertz CT molecular complexity index is 5280. The lowest BCUT2D eigenvalue weighted by Gasteiger charge is -2.01. The summed E-state index contributed by atoms with van der Waals surface area (Å²) < 4.78 is 0. The molecular weight excluding hydrogens is 1330 g/mol. The predicted molar refractivity (Wildman–Crippen MR) is 390 cm³/mol. The minimum Gasteiger partial charge on any atom is -0.507 e.